The number of hydrogen-bond donors (Lipinski definition) is 1. The van der Waals surface area contributed by atoms with Crippen molar-refractivity contribution in [3.8, 4) is 0 Å². The number of carbonyl (C=O) groups excluding carboxylic acids is 1. The SMILES string of the molecule is CN(Cc1ccc(Cl)s1)C(=O)CN1CCNCc2ccccc21. The molecule has 1 aromatic carbocycles. The summed E-state index contributed by atoms with van der Waals surface area (Å²) in [7, 11) is 1.85. The summed E-state index contributed by atoms with van der Waals surface area (Å²) < 4.78 is 0.758. The Hall–Kier alpha value is -1.56. The summed E-state index contributed by atoms with van der Waals surface area (Å²) in [6.07, 6.45) is 0. The summed E-state index contributed by atoms with van der Waals surface area (Å²) in [6, 6.07) is 12.1. The molecule has 3 rings (SSSR count). The predicted molar refractivity (Wildman–Crippen MR) is 96.2 cm³/mol. The average Bonchev–Trinajstić information content (AvgIpc) is 2.84. The summed E-state index contributed by atoms with van der Waals surface area (Å²) >= 11 is 7.47. The minimum absolute atomic E-state index is 0.117. The van der Waals surface area contributed by atoms with Crippen LogP contribution in [0.4, 0.5) is 5.69 Å². The van der Waals surface area contributed by atoms with E-state index in [0.29, 0.717) is 13.1 Å². The Balaban J connectivity index is 1.67. The van der Waals surface area contributed by atoms with Crippen molar-refractivity contribution in [2.45, 2.75) is 13.1 Å². The van der Waals surface area contributed by atoms with Gasteiger partial charge in [-0.2, -0.15) is 0 Å². The third kappa shape index (κ3) is 4.05. The zero-order valence-electron chi connectivity index (χ0n) is 13.1. The first-order valence-corrected chi connectivity index (χ1v) is 8.84. The van der Waals surface area contributed by atoms with Gasteiger partial charge in [0, 0.05) is 37.2 Å². The van der Waals surface area contributed by atoms with Gasteiger partial charge in [-0.3, -0.25) is 4.79 Å². The Morgan fingerprint density at radius 2 is 2.17 bits per heavy atom. The van der Waals surface area contributed by atoms with Gasteiger partial charge in [-0.05, 0) is 23.8 Å². The van der Waals surface area contributed by atoms with Gasteiger partial charge in [0.1, 0.15) is 0 Å². The van der Waals surface area contributed by atoms with E-state index in [-0.39, 0.29) is 5.91 Å². The maximum Gasteiger partial charge on any atom is 0.242 e. The molecule has 0 radical (unpaired) electrons. The third-order valence-corrected chi connectivity index (χ3v) is 5.20. The third-order valence-electron chi connectivity index (χ3n) is 3.98. The number of amides is 1. The summed E-state index contributed by atoms with van der Waals surface area (Å²) in [4.78, 5) is 17.6. The minimum atomic E-state index is 0.117. The fourth-order valence-electron chi connectivity index (χ4n) is 2.73. The molecule has 0 fully saturated rings. The number of fused-ring (bicyclic) bond motifs is 1. The predicted octanol–water partition coefficient (Wildman–Crippen LogP) is 2.97. The molecule has 23 heavy (non-hydrogen) atoms. The first-order chi connectivity index (χ1) is 11.1. The average molecular weight is 350 g/mol. The van der Waals surface area contributed by atoms with Gasteiger partial charge in [0.15, 0.2) is 0 Å². The molecule has 1 aliphatic rings. The van der Waals surface area contributed by atoms with Crippen LogP contribution in [-0.4, -0.2) is 37.5 Å². The Bertz CT molecular complexity index is 688. The van der Waals surface area contributed by atoms with Gasteiger partial charge >= 0.3 is 0 Å². The van der Waals surface area contributed by atoms with Crippen LogP contribution in [0.2, 0.25) is 4.34 Å². The van der Waals surface area contributed by atoms with Crippen LogP contribution >= 0.6 is 22.9 Å². The molecule has 1 aromatic heterocycles. The maximum atomic E-state index is 12.6. The molecule has 0 atom stereocenters. The molecule has 2 heterocycles. The van der Waals surface area contributed by atoms with Crippen molar-refractivity contribution >= 4 is 34.5 Å². The van der Waals surface area contributed by atoms with Crippen LogP contribution in [0, 0.1) is 0 Å². The molecular weight excluding hydrogens is 330 g/mol. The molecule has 1 aliphatic heterocycles. The number of hydrogen-bond acceptors (Lipinski definition) is 4. The van der Waals surface area contributed by atoms with E-state index in [4.69, 9.17) is 11.6 Å². The molecule has 1 N–H and O–H groups in total. The van der Waals surface area contributed by atoms with Gasteiger partial charge in [0.25, 0.3) is 0 Å². The monoisotopic (exact) mass is 349 g/mol. The zero-order chi connectivity index (χ0) is 16.2. The van der Waals surface area contributed by atoms with E-state index >= 15 is 0 Å². The highest BCUT2D eigenvalue weighted by Crippen LogP contribution is 2.24. The van der Waals surface area contributed by atoms with Crippen LogP contribution < -0.4 is 10.2 Å². The van der Waals surface area contributed by atoms with E-state index in [2.05, 4.69) is 22.3 Å². The van der Waals surface area contributed by atoms with Gasteiger partial charge in [-0.1, -0.05) is 29.8 Å². The van der Waals surface area contributed by atoms with Crippen LogP contribution in [0.3, 0.4) is 0 Å². The lowest BCUT2D eigenvalue weighted by atomic mass is 10.1. The van der Waals surface area contributed by atoms with Gasteiger partial charge in [0.05, 0.1) is 17.4 Å². The normalized spacial score (nSPS) is 14.3. The van der Waals surface area contributed by atoms with Crippen LogP contribution in [0.25, 0.3) is 0 Å². The number of nitrogens with one attached hydrogen (secondary N) is 1. The highest BCUT2D eigenvalue weighted by Gasteiger charge is 2.19. The van der Waals surface area contributed by atoms with E-state index in [0.717, 1.165) is 34.5 Å². The summed E-state index contributed by atoms with van der Waals surface area (Å²) in [6.45, 7) is 3.57. The molecule has 122 valence electrons. The van der Waals surface area contributed by atoms with Crippen molar-refractivity contribution in [1.29, 1.82) is 0 Å². The second-order valence-electron chi connectivity index (χ2n) is 5.68. The standard InChI is InChI=1S/C17H20ClN3OS/c1-20(11-14-6-7-16(18)23-14)17(22)12-21-9-8-19-10-13-4-2-3-5-15(13)21/h2-7,19H,8-12H2,1H3. The molecule has 0 saturated heterocycles. The molecule has 6 heteroatoms. The Kier molecular flexibility index (Phi) is 5.20. The van der Waals surface area contributed by atoms with Crippen LogP contribution in [0.1, 0.15) is 10.4 Å². The van der Waals surface area contributed by atoms with Crippen molar-refractivity contribution in [2.75, 3.05) is 31.6 Å². The Morgan fingerprint density at radius 1 is 1.35 bits per heavy atom. The number of thiophene rings is 1. The molecular formula is C17H20ClN3OS. The molecule has 0 saturated carbocycles. The van der Waals surface area contributed by atoms with Crippen LogP contribution in [0.15, 0.2) is 36.4 Å². The van der Waals surface area contributed by atoms with E-state index < -0.39 is 0 Å². The first kappa shape index (κ1) is 16.3. The second kappa shape index (κ2) is 7.34. The minimum Gasteiger partial charge on any atom is -0.361 e. The summed E-state index contributed by atoms with van der Waals surface area (Å²) in [5.41, 5.74) is 2.39. The smallest absolute Gasteiger partial charge is 0.242 e. The lowest BCUT2D eigenvalue weighted by Gasteiger charge is -2.26. The number of nitrogens with zero attached hydrogens (tertiary/aromatic N) is 2. The van der Waals surface area contributed by atoms with E-state index in [1.807, 2.05) is 31.3 Å². The highest BCUT2D eigenvalue weighted by molar-refractivity contribution is 7.16. The van der Waals surface area contributed by atoms with Crippen molar-refractivity contribution < 1.29 is 4.79 Å². The number of para-hydroxylation sites is 1. The van der Waals surface area contributed by atoms with Gasteiger partial charge < -0.3 is 15.1 Å². The molecule has 0 unspecified atom stereocenters. The molecule has 4 nitrogen and oxygen atoms in total. The van der Waals surface area contributed by atoms with E-state index in [1.54, 1.807) is 4.90 Å². The van der Waals surface area contributed by atoms with Crippen molar-refractivity contribution in [1.82, 2.24) is 10.2 Å². The number of carbonyl (C=O) groups is 1. The Morgan fingerprint density at radius 3 is 2.96 bits per heavy atom. The number of rotatable bonds is 4. The molecule has 0 bridgehead atoms. The topological polar surface area (TPSA) is 35.6 Å². The van der Waals surface area contributed by atoms with Gasteiger partial charge in [0.2, 0.25) is 5.91 Å². The lowest BCUT2D eigenvalue weighted by molar-refractivity contribution is -0.128. The van der Waals surface area contributed by atoms with Crippen molar-refractivity contribution in [2.24, 2.45) is 0 Å². The second-order valence-corrected chi connectivity index (χ2v) is 7.48. The van der Waals surface area contributed by atoms with Crippen molar-refractivity contribution in [3.05, 3.63) is 51.2 Å². The fourth-order valence-corrected chi connectivity index (χ4v) is 3.87. The molecule has 2 aromatic rings. The number of anilines is 1. The van der Waals surface area contributed by atoms with E-state index in [1.165, 1.54) is 16.9 Å². The van der Waals surface area contributed by atoms with Crippen molar-refractivity contribution in [3.63, 3.8) is 0 Å². The molecule has 0 aliphatic carbocycles. The zero-order valence-corrected chi connectivity index (χ0v) is 14.7. The highest BCUT2D eigenvalue weighted by atomic mass is 35.5. The number of likely N-dealkylation sites (N-methyl/N-ethyl adjacent to an activating group) is 1. The number of halogens is 1. The Labute approximate surface area is 145 Å². The first-order valence-electron chi connectivity index (χ1n) is 7.65. The maximum absolute atomic E-state index is 12.6. The number of benzene rings is 1. The quantitative estimate of drug-likeness (QED) is 0.921. The lowest BCUT2D eigenvalue weighted by Crippen LogP contribution is -2.39. The summed E-state index contributed by atoms with van der Waals surface area (Å²) in [5, 5.41) is 3.40. The van der Waals surface area contributed by atoms with Crippen LogP contribution in [0.5, 0.6) is 0 Å². The summed E-state index contributed by atoms with van der Waals surface area (Å²) in [5.74, 6) is 0.117. The molecule has 0 spiro atoms. The van der Waals surface area contributed by atoms with Gasteiger partial charge in [-0.25, -0.2) is 0 Å². The van der Waals surface area contributed by atoms with E-state index in [9.17, 15) is 4.79 Å². The fraction of sp³-hybridized carbons (Fsp3) is 0.353. The van der Waals surface area contributed by atoms with Crippen LogP contribution in [-0.2, 0) is 17.9 Å². The molecule has 1 amide bonds. The largest absolute Gasteiger partial charge is 0.361 e. The van der Waals surface area contributed by atoms with Gasteiger partial charge in [-0.15, -0.1) is 11.3 Å².